The van der Waals surface area contributed by atoms with Gasteiger partial charge in [0, 0.05) is 25.6 Å². The smallest absolute Gasteiger partial charge is 0.246 e. The first-order valence-corrected chi connectivity index (χ1v) is 12.2. The molecule has 170 valence electrons. The summed E-state index contributed by atoms with van der Waals surface area (Å²) in [5.74, 6) is 0.489. The standard InChI is InChI=1S/C22H25ClN4O4S/c1-16-9-4-7-12-19(16)27(32(3,29)30)14-8-13-21(28)26(2)15-20-24-22(25-31-20)17-10-5-6-11-18(17)23/h4-7,9-12H,8,13-15H2,1-3H3. The van der Waals surface area contributed by atoms with Gasteiger partial charge in [0.25, 0.3) is 0 Å². The SMILES string of the molecule is Cc1ccccc1N(CCCC(=O)N(C)Cc1nc(-c2ccccc2Cl)no1)S(C)(=O)=O. The Bertz CT molecular complexity index is 1200. The molecule has 10 heteroatoms. The number of amides is 1. The normalized spacial score (nSPS) is 11.4. The topological polar surface area (TPSA) is 96.6 Å². The molecule has 32 heavy (non-hydrogen) atoms. The second-order valence-electron chi connectivity index (χ2n) is 7.47. The first kappa shape index (κ1) is 23.7. The number of para-hydroxylation sites is 1. The summed E-state index contributed by atoms with van der Waals surface area (Å²) < 4.78 is 31.1. The Hall–Kier alpha value is -2.91. The van der Waals surface area contributed by atoms with Crippen molar-refractivity contribution in [3.8, 4) is 11.4 Å². The third kappa shape index (κ3) is 5.86. The van der Waals surface area contributed by atoms with Crippen LogP contribution < -0.4 is 4.31 Å². The lowest BCUT2D eigenvalue weighted by atomic mass is 10.2. The first-order valence-electron chi connectivity index (χ1n) is 10.0. The number of halogens is 1. The van der Waals surface area contributed by atoms with Crippen LogP contribution in [0.3, 0.4) is 0 Å². The molecule has 8 nitrogen and oxygen atoms in total. The minimum absolute atomic E-state index is 0.143. The molecular formula is C22H25ClN4O4S. The summed E-state index contributed by atoms with van der Waals surface area (Å²) in [4.78, 5) is 18.3. The van der Waals surface area contributed by atoms with E-state index < -0.39 is 10.0 Å². The Morgan fingerprint density at radius 1 is 1.12 bits per heavy atom. The molecule has 0 aliphatic rings. The number of aromatic nitrogens is 2. The number of sulfonamides is 1. The fourth-order valence-electron chi connectivity index (χ4n) is 3.24. The van der Waals surface area contributed by atoms with Gasteiger partial charge in [-0.15, -0.1) is 0 Å². The van der Waals surface area contributed by atoms with Crippen molar-refractivity contribution in [2.75, 3.05) is 24.2 Å². The van der Waals surface area contributed by atoms with Crippen molar-refractivity contribution >= 4 is 33.2 Å². The number of anilines is 1. The lowest BCUT2D eigenvalue weighted by Crippen LogP contribution is -2.33. The molecule has 0 saturated heterocycles. The fraction of sp³-hybridized carbons (Fsp3) is 0.318. The van der Waals surface area contributed by atoms with Gasteiger partial charge < -0.3 is 9.42 Å². The zero-order chi connectivity index (χ0) is 23.3. The van der Waals surface area contributed by atoms with Crippen molar-refractivity contribution in [2.24, 2.45) is 0 Å². The van der Waals surface area contributed by atoms with Gasteiger partial charge in [0.2, 0.25) is 27.6 Å². The van der Waals surface area contributed by atoms with E-state index in [1.807, 2.05) is 31.2 Å². The molecule has 1 aromatic heterocycles. The second kappa shape index (κ2) is 10.1. The van der Waals surface area contributed by atoms with E-state index in [0.29, 0.717) is 28.5 Å². The van der Waals surface area contributed by atoms with E-state index in [2.05, 4.69) is 10.1 Å². The van der Waals surface area contributed by atoms with Crippen LogP contribution >= 0.6 is 11.6 Å². The predicted molar refractivity (Wildman–Crippen MR) is 124 cm³/mol. The third-order valence-electron chi connectivity index (χ3n) is 4.92. The van der Waals surface area contributed by atoms with Crippen LogP contribution in [0.15, 0.2) is 53.1 Å². The number of carbonyl (C=O) groups is 1. The van der Waals surface area contributed by atoms with Crippen LogP contribution in [0.5, 0.6) is 0 Å². The second-order valence-corrected chi connectivity index (χ2v) is 9.78. The van der Waals surface area contributed by atoms with Crippen molar-refractivity contribution in [3.05, 3.63) is 65.0 Å². The lowest BCUT2D eigenvalue weighted by Gasteiger charge is -2.24. The Kier molecular flexibility index (Phi) is 7.52. The average Bonchev–Trinajstić information content (AvgIpc) is 3.19. The van der Waals surface area contributed by atoms with Crippen LogP contribution in [-0.4, -0.2) is 49.2 Å². The van der Waals surface area contributed by atoms with Crippen molar-refractivity contribution in [3.63, 3.8) is 0 Å². The molecule has 0 radical (unpaired) electrons. The monoisotopic (exact) mass is 476 g/mol. The average molecular weight is 477 g/mol. The van der Waals surface area contributed by atoms with E-state index in [0.717, 1.165) is 5.56 Å². The van der Waals surface area contributed by atoms with Gasteiger partial charge in [-0.25, -0.2) is 8.42 Å². The molecule has 0 bridgehead atoms. The minimum Gasteiger partial charge on any atom is -0.337 e. The van der Waals surface area contributed by atoms with Crippen LogP contribution in [-0.2, 0) is 21.4 Å². The maximum absolute atomic E-state index is 12.6. The molecule has 0 atom stereocenters. The molecular weight excluding hydrogens is 452 g/mol. The molecule has 1 heterocycles. The van der Waals surface area contributed by atoms with Crippen molar-refractivity contribution in [1.29, 1.82) is 0 Å². The zero-order valence-corrected chi connectivity index (χ0v) is 19.7. The van der Waals surface area contributed by atoms with E-state index >= 15 is 0 Å². The van der Waals surface area contributed by atoms with Gasteiger partial charge in [-0.3, -0.25) is 9.10 Å². The first-order chi connectivity index (χ1) is 15.2. The Labute approximate surface area is 192 Å². The van der Waals surface area contributed by atoms with Crippen LogP contribution in [0.2, 0.25) is 5.02 Å². The van der Waals surface area contributed by atoms with Crippen molar-refractivity contribution in [2.45, 2.75) is 26.3 Å². The summed E-state index contributed by atoms with van der Waals surface area (Å²) in [6.07, 6.45) is 1.72. The van der Waals surface area contributed by atoms with Crippen molar-refractivity contribution in [1.82, 2.24) is 15.0 Å². The van der Waals surface area contributed by atoms with E-state index in [4.69, 9.17) is 16.1 Å². The highest BCUT2D eigenvalue weighted by molar-refractivity contribution is 7.92. The highest BCUT2D eigenvalue weighted by Crippen LogP contribution is 2.25. The van der Waals surface area contributed by atoms with Gasteiger partial charge in [-0.1, -0.05) is 47.1 Å². The molecule has 0 aliphatic carbocycles. The van der Waals surface area contributed by atoms with Crippen LogP contribution in [0, 0.1) is 6.92 Å². The maximum Gasteiger partial charge on any atom is 0.246 e. The molecule has 1 amide bonds. The third-order valence-corrected chi connectivity index (χ3v) is 6.43. The maximum atomic E-state index is 12.6. The number of hydrogen-bond acceptors (Lipinski definition) is 6. The fourth-order valence-corrected chi connectivity index (χ4v) is 4.48. The molecule has 0 unspecified atom stereocenters. The number of benzene rings is 2. The molecule has 0 saturated carbocycles. The molecule has 3 aromatic rings. The van der Waals surface area contributed by atoms with E-state index in [-0.39, 0.29) is 31.3 Å². The number of carbonyl (C=O) groups excluding carboxylic acids is 1. The molecule has 0 spiro atoms. The summed E-state index contributed by atoms with van der Waals surface area (Å²) in [5, 5.41) is 4.44. The van der Waals surface area contributed by atoms with Crippen LogP contribution in [0.1, 0.15) is 24.3 Å². The molecule has 2 aromatic carbocycles. The van der Waals surface area contributed by atoms with Gasteiger partial charge in [-0.2, -0.15) is 4.98 Å². The highest BCUT2D eigenvalue weighted by Gasteiger charge is 2.20. The van der Waals surface area contributed by atoms with Crippen molar-refractivity contribution < 1.29 is 17.7 Å². The summed E-state index contributed by atoms with van der Waals surface area (Å²) in [5.41, 5.74) is 2.12. The largest absolute Gasteiger partial charge is 0.337 e. The highest BCUT2D eigenvalue weighted by atomic mass is 35.5. The Morgan fingerprint density at radius 3 is 2.50 bits per heavy atom. The zero-order valence-electron chi connectivity index (χ0n) is 18.2. The summed E-state index contributed by atoms with van der Waals surface area (Å²) in [6, 6.07) is 14.4. The van der Waals surface area contributed by atoms with Crippen LogP contribution in [0.4, 0.5) is 5.69 Å². The Balaban J connectivity index is 1.58. The van der Waals surface area contributed by atoms with Gasteiger partial charge in [0.1, 0.15) is 0 Å². The van der Waals surface area contributed by atoms with Gasteiger partial charge >= 0.3 is 0 Å². The number of hydrogen-bond donors (Lipinski definition) is 0. The predicted octanol–water partition coefficient (Wildman–Crippen LogP) is 3.90. The van der Waals surface area contributed by atoms with Gasteiger partial charge in [-0.05, 0) is 37.1 Å². The molecule has 0 N–H and O–H groups in total. The number of nitrogens with zero attached hydrogens (tertiary/aromatic N) is 4. The summed E-state index contributed by atoms with van der Waals surface area (Å²) >= 11 is 6.16. The van der Waals surface area contributed by atoms with Crippen LogP contribution in [0.25, 0.3) is 11.4 Å². The number of aryl methyl sites for hydroxylation is 1. The quantitative estimate of drug-likeness (QED) is 0.464. The van der Waals surface area contributed by atoms with E-state index in [1.54, 1.807) is 31.3 Å². The lowest BCUT2D eigenvalue weighted by molar-refractivity contribution is -0.130. The number of rotatable bonds is 9. The van der Waals surface area contributed by atoms with Gasteiger partial charge in [0.15, 0.2) is 0 Å². The van der Waals surface area contributed by atoms with E-state index in [9.17, 15) is 13.2 Å². The van der Waals surface area contributed by atoms with E-state index in [1.165, 1.54) is 15.5 Å². The summed E-state index contributed by atoms with van der Waals surface area (Å²) in [7, 11) is -1.83. The minimum atomic E-state index is -3.47. The molecule has 0 fully saturated rings. The molecule has 3 rings (SSSR count). The molecule has 0 aliphatic heterocycles. The van der Waals surface area contributed by atoms with Gasteiger partial charge in [0.05, 0.1) is 23.5 Å². The Morgan fingerprint density at radius 2 is 1.81 bits per heavy atom. The summed E-state index contributed by atoms with van der Waals surface area (Å²) in [6.45, 7) is 2.21.